The van der Waals surface area contributed by atoms with E-state index in [2.05, 4.69) is 0 Å². The Kier molecular flexibility index (Phi) is 7.33. The molecule has 1 saturated heterocycles. The summed E-state index contributed by atoms with van der Waals surface area (Å²) in [6.07, 6.45) is 3.67. The van der Waals surface area contributed by atoms with Gasteiger partial charge in [0, 0.05) is 13.1 Å². The van der Waals surface area contributed by atoms with E-state index in [0.29, 0.717) is 18.8 Å². The molecule has 0 N–H and O–H groups in total. The lowest BCUT2D eigenvalue weighted by atomic mass is 10.2. The van der Waals surface area contributed by atoms with Crippen LogP contribution in [0.2, 0.25) is 0 Å². The van der Waals surface area contributed by atoms with Crippen LogP contribution in [-0.2, 0) is 21.4 Å². The molecule has 0 atom stereocenters. The molecular weight excluding hydrogens is 406 g/mol. The molecular formula is C22H27NO6S. The third kappa shape index (κ3) is 5.12. The number of nitrogens with zero attached hydrogens (tertiary/aromatic N) is 1. The van der Waals surface area contributed by atoms with Gasteiger partial charge in [-0.15, -0.1) is 0 Å². The average Bonchev–Trinajstić information content (AvgIpc) is 3.07. The molecule has 0 radical (unpaired) electrons. The summed E-state index contributed by atoms with van der Waals surface area (Å²) in [6, 6.07) is 11.5. The summed E-state index contributed by atoms with van der Waals surface area (Å²) in [5.41, 5.74) is 0.931. The molecule has 0 aliphatic carbocycles. The number of carbonyl (C=O) groups excluding carboxylic acids is 1. The van der Waals surface area contributed by atoms with E-state index in [1.54, 1.807) is 25.3 Å². The van der Waals surface area contributed by atoms with E-state index >= 15 is 0 Å². The number of hydrogen-bond acceptors (Lipinski definition) is 6. The fraction of sp³-hybridized carbons (Fsp3) is 0.409. The first-order valence-electron chi connectivity index (χ1n) is 9.94. The molecule has 1 aliphatic rings. The van der Waals surface area contributed by atoms with Crippen molar-refractivity contribution in [3.63, 3.8) is 0 Å². The van der Waals surface area contributed by atoms with E-state index in [1.165, 1.54) is 29.6 Å². The summed E-state index contributed by atoms with van der Waals surface area (Å²) >= 11 is 0. The van der Waals surface area contributed by atoms with Crippen LogP contribution in [0.25, 0.3) is 0 Å². The Morgan fingerprint density at radius 2 is 1.70 bits per heavy atom. The van der Waals surface area contributed by atoms with Crippen LogP contribution < -0.4 is 9.47 Å². The molecule has 0 bridgehead atoms. The molecule has 0 unspecified atom stereocenters. The van der Waals surface area contributed by atoms with Gasteiger partial charge in [-0.3, -0.25) is 0 Å². The first kappa shape index (κ1) is 22.1. The molecule has 1 fully saturated rings. The Hall–Kier alpha value is -2.58. The summed E-state index contributed by atoms with van der Waals surface area (Å²) in [6.45, 7) is 0.988. The fourth-order valence-corrected chi connectivity index (χ4v) is 5.12. The van der Waals surface area contributed by atoms with Gasteiger partial charge < -0.3 is 14.2 Å². The molecule has 0 saturated carbocycles. The second kappa shape index (κ2) is 9.95. The lowest BCUT2D eigenvalue weighted by Gasteiger charge is -2.21. The van der Waals surface area contributed by atoms with Crippen molar-refractivity contribution in [1.29, 1.82) is 0 Å². The summed E-state index contributed by atoms with van der Waals surface area (Å²) in [5, 5.41) is 0. The number of sulfonamides is 1. The quantitative estimate of drug-likeness (QED) is 0.620. The van der Waals surface area contributed by atoms with Crippen LogP contribution in [0.1, 0.15) is 41.6 Å². The number of hydrogen-bond donors (Lipinski definition) is 0. The van der Waals surface area contributed by atoms with Gasteiger partial charge in [-0.1, -0.05) is 25.0 Å². The molecule has 30 heavy (non-hydrogen) atoms. The standard InChI is InChI=1S/C22H27NO6S/c1-27-19-9-7-8-17(14-19)16-29-22(24)18-10-11-20(28-2)21(15-18)30(25,26)23-12-5-3-4-6-13-23/h7-11,14-15H,3-6,12-13,16H2,1-2H3. The third-order valence-corrected chi connectivity index (χ3v) is 7.01. The van der Waals surface area contributed by atoms with Gasteiger partial charge in [-0.05, 0) is 48.7 Å². The topological polar surface area (TPSA) is 82.1 Å². The minimum absolute atomic E-state index is 0.0114. The van der Waals surface area contributed by atoms with Crippen molar-refractivity contribution in [1.82, 2.24) is 4.31 Å². The van der Waals surface area contributed by atoms with Gasteiger partial charge in [0.1, 0.15) is 23.0 Å². The van der Waals surface area contributed by atoms with Crippen LogP contribution in [0.5, 0.6) is 11.5 Å². The van der Waals surface area contributed by atoms with Crippen LogP contribution in [-0.4, -0.2) is 46.0 Å². The second-order valence-electron chi connectivity index (χ2n) is 7.11. The van der Waals surface area contributed by atoms with Gasteiger partial charge in [0.25, 0.3) is 0 Å². The van der Waals surface area contributed by atoms with Crippen LogP contribution in [0, 0.1) is 0 Å². The van der Waals surface area contributed by atoms with Crippen molar-refractivity contribution in [2.45, 2.75) is 37.2 Å². The second-order valence-corrected chi connectivity index (χ2v) is 9.02. The zero-order valence-corrected chi connectivity index (χ0v) is 18.1. The molecule has 7 nitrogen and oxygen atoms in total. The van der Waals surface area contributed by atoms with Gasteiger partial charge in [-0.25, -0.2) is 13.2 Å². The van der Waals surface area contributed by atoms with Crippen molar-refractivity contribution in [3.8, 4) is 11.5 Å². The average molecular weight is 434 g/mol. The molecule has 1 aliphatic heterocycles. The lowest BCUT2D eigenvalue weighted by Crippen LogP contribution is -2.32. The van der Waals surface area contributed by atoms with Crippen LogP contribution in [0.4, 0.5) is 0 Å². The SMILES string of the molecule is COc1cccc(COC(=O)c2ccc(OC)c(S(=O)(=O)N3CCCCCC3)c2)c1. The highest BCUT2D eigenvalue weighted by Crippen LogP contribution is 2.29. The molecule has 0 aromatic heterocycles. The number of benzene rings is 2. The summed E-state index contributed by atoms with van der Waals surface area (Å²) in [5.74, 6) is 0.273. The Labute approximate surface area is 177 Å². The van der Waals surface area contributed by atoms with Gasteiger partial charge in [0.2, 0.25) is 10.0 Å². The van der Waals surface area contributed by atoms with Gasteiger partial charge in [0.05, 0.1) is 19.8 Å². The molecule has 0 spiro atoms. The van der Waals surface area contributed by atoms with Crippen molar-refractivity contribution in [2.75, 3.05) is 27.3 Å². The number of methoxy groups -OCH3 is 2. The summed E-state index contributed by atoms with van der Waals surface area (Å²) in [7, 11) is -0.798. The van der Waals surface area contributed by atoms with Crippen LogP contribution in [0.15, 0.2) is 47.4 Å². The Bertz CT molecular complexity index is 981. The Balaban J connectivity index is 1.81. The van der Waals surface area contributed by atoms with Crippen molar-refractivity contribution in [2.24, 2.45) is 0 Å². The normalized spacial score (nSPS) is 15.3. The van der Waals surface area contributed by atoms with E-state index in [0.717, 1.165) is 31.2 Å². The van der Waals surface area contributed by atoms with Crippen molar-refractivity contribution >= 4 is 16.0 Å². The molecule has 162 valence electrons. The van der Waals surface area contributed by atoms with Gasteiger partial charge in [0.15, 0.2) is 0 Å². The highest BCUT2D eigenvalue weighted by Gasteiger charge is 2.29. The number of ether oxygens (including phenoxy) is 3. The van der Waals surface area contributed by atoms with E-state index in [9.17, 15) is 13.2 Å². The molecule has 0 amide bonds. The maximum Gasteiger partial charge on any atom is 0.338 e. The molecule has 2 aromatic carbocycles. The minimum Gasteiger partial charge on any atom is -0.497 e. The third-order valence-electron chi connectivity index (χ3n) is 5.09. The zero-order valence-electron chi connectivity index (χ0n) is 17.3. The molecule has 1 heterocycles. The predicted molar refractivity (Wildman–Crippen MR) is 112 cm³/mol. The lowest BCUT2D eigenvalue weighted by molar-refractivity contribution is 0.0472. The minimum atomic E-state index is -3.78. The Morgan fingerprint density at radius 3 is 2.37 bits per heavy atom. The first-order valence-corrected chi connectivity index (χ1v) is 11.4. The van der Waals surface area contributed by atoms with Crippen LogP contribution in [0.3, 0.4) is 0 Å². The maximum absolute atomic E-state index is 13.2. The van der Waals surface area contributed by atoms with Crippen molar-refractivity contribution < 1.29 is 27.4 Å². The summed E-state index contributed by atoms with van der Waals surface area (Å²) < 4.78 is 43.7. The summed E-state index contributed by atoms with van der Waals surface area (Å²) in [4.78, 5) is 12.6. The van der Waals surface area contributed by atoms with E-state index in [4.69, 9.17) is 14.2 Å². The molecule has 3 rings (SSSR count). The fourth-order valence-electron chi connectivity index (χ4n) is 3.42. The molecule has 8 heteroatoms. The smallest absolute Gasteiger partial charge is 0.338 e. The predicted octanol–water partition coefficient (Wildman–Crippen LogP) is 3.63. The van der Waals surface area contributed by atoms with E-state index in [1.807, 2.05) is 6.07 Å². The first-order chi connectivity index (χ1) is 14.5. The number of carbonyl (C=O) groups is 1. The van der Waals surface area contributed by atoms with Crippen LogP contribution >= 0.6 is 0 Å². The van der Waals surface area contributed by atoms with Crippen molar-refractivity contribution in [3.05, 3.63) is 53.6 Å². The van der Waals surface area contributed by atoms with E-state index < -0.39 is 16.0 Å². The largest absolute Gasteiger partial charge is 0.497 e. The zero-order chi connectivity index (χ0) is 21.6. The highest BCUT2D eigenvalue weighted by molar-refractivity contribution is 7.89. The van der Waals surface area contributed by atoms with Gasteiger partial charge >= 0.3 is 5.97 Å². The number of rotatable bonds is 7. The number of esters is 1. The highest BCUT2D eigenvalue weighted by atomic mass is 32.2. The monoisotopic (exact) mass is 433 g/mol. The van der Waals surface area contributed by atoms with Gasteiger partial charge in [-0.2, -0.15) is 4.31 Å². The molecule has 2 aromatic rings. The Morgan fingerprint density at radius 1 is 0.967 bits per heavy atom. The maximum atomic E-state index is 13.2. The van der Waals surface area contributed by atoms with E-state index in [-0.39, 0.29) is 22.8 Å².